The number of aromatic nitrogens is 1. The van der Waals surface area contributed by atoms with Crippen molar-refractivity contribution in [2.75, 3.05) is 39.4 Å². The number of rotatable bonds is 13. The minimum absolute atomic E-state index is 0.181. The Labute approximate surface area is 241 Å². The lowest BCUT2D eigenvalue weighted by Crippen LogP contribution is -2.55. The van der Waals surface area contributed by atoms with E-state index < -0.39 is 6.04 Å². The van der Waals surface area contributed by atoms with E-state index in [1.165, 1.54) is 5.56 Å². The predicted molar refractivity (Wildman–Crippen MR) is 158 cm³/mol. The molecule has 2 fully saturated rings. The first-order valence-corrected chi connectivity index (χ1v) is 15.4. The van der Waals surface area contributed by atoms with Crippen molar-refractivity contribution in [3.8, 4) is 0 Å². The average Bonchev–Trinajstić information content (AvgIpc) is 3.64. The van der Waals surface area contributed by atoms with Gasteiger partial charge in [-0.05, 0) is 42.9 Å². The van der Waals surface area contributed by atoms with Crippen molar-refractivity contribution in [1.29, 1.82) is 0 Å². The van der Waals surface area contributed by atoms with Crippen LogP contribution in [0, 0.1) is 5.92 Å². The summed E-state index contributed by atoms with van der Waals surface area (Å²) in [5.74, 6) is -0.344. The number of ether oxygens (including phenoxy) is 1. The van der Waals surface area contributed by atoms with E-state index in [-0.39, 0.29) is 36.1 Å². The zero-order valence-corrected chi connectivity index (χ0v) is 24.6. The standard InChI is InChI=1S/C30H43N5O4S/c1-4-21-10-11-23-26(16-21)40-28(33-23)17-24(32-27(36)5-2)30(38)34-25(22-8-6-7-9-22)18-31-29(37)20(3)19-35-12-14-39-15-13-35/h10-11,16,22,24-25H,3-9,12-15,17-19H2,1-2H3,(H,31,37)(H,32,36)(H,34,38)/t24-,25+/m0/s1. The molecule has 1 saturated heterocycles. The number of hydrogen-bond acceptors (Lipinski definition) is 7. The Morgan fingerprint density at radius 1 is 1.15 bits per heavy atom. The van der Waals surface area contributed by atoms with Gasteiger partial charge < -0.3 is 20.7 Å². The molecule has 10 heteroatoms. The average molecular weight is 570 g/mol. The lowest BCUT2D eigenvalue weighted by molar-refractivity contribution is -0.129. The van der Waals surface area contributed by atoms with Crippen molar-refractivity contribution < 1.29 is 19.1 Å². The van der Waals surface area contributed by atoms with Gasteiger partial charge in [-0.1, -0.05) is 39.3 Å². The third-order valence-electron chi connectivity index (χ3n) is 7.88. The van der Waals surface area contributed by atoms with Gasteiger partial charge in [0.1, 0.15) is 6.04 Å². The molecule has 0 bridgehead atoms. The van der Waals surface area contributed by atoms with E-state index in [2.05, 4.69) is 46.5 Å². The van der Waals surface area contributed by atoms with Gasteiger partial charge in [0.15, 0.2) is 0 Å². The van der Waals surface area contributed by atoms with Gasteiger partial charge in [-0.15, -0.1) is 11.3 Å². The number of fused-ring (bicyclic) bond motifs is 1. The highest BCUT2D eigenvalue weighted by molar-refractivity contribution is 7.18. The van der Waals surface area contributed by atoms with Crippen molar-refractivity contribution in [1.82, 2.24) is 25.8 Å². The Hall–Kier alpha value is -2.82. The van der Waals surface area contributed by atoms with Crippen LogP contribution in [-0.4, -0.2) is 79.1 Å². The monoisotopic (exact) mass is 569 g/mol. The SMILES string of the molecule is C=C(CN1CCOCC1)C(=O)NC[C@@H](NC(=O)[C@H](Cc1nc2ccc(CC)cc2s1)NC(=O)CC)C1CCCC1. The highest BCUT2D eigenvalue weighted by Crippen LogP contribution is 2.28. The van der Waals surface area contributed by atoms with E-state index >= 15 is 0 Å². The number of nitrogens with zero attached hydrogens (tertiary/aromatic N) is 2. The second-order valence-electron chi connectivity index (χ2n) is 10.8. The second-order valence-corrected chi connectivity index (χ2v) is 11.9. The Balaban J connectivity index is 1.41. The van der Waals surface area contributed by atoms with E-state index in [1.54, 1.807) is 18.3 Å². The van der Waals surface area contributed by atoms with Crippen molar-refractivity contribution in [2.24, 2.45) is 5.92 Å². The van der Waals surface area contributed by atoms with E-state index in [4.69, 9.17) is 9.72 Å². The molecule has 4 rings (SSSR count). The highest BCUT2D eigenvalue weighted by Gasteiger charge is 2.31. The predicted octanol–water partition coefficient (Wildman–Crippen LogP) is 2.98. The molecule has 3 N–H and O–H groups in total. The van der Waals surface area contributed by atoms with Crippen LogP contribution in [0.4, 0.5) is 0 Å². The first-order valence-electron chi connectivity index (χ1n) is 14.6. The molecule has 9 nitrogen and oxygen atoms in total. The van der Waals surface area contributed by atoms with Gasteiger partial charge >= 0.3 is 0 Å². The van der Waals surface area contributed by atoms with Crippen LogP contribution in [0.15, 0.2) is 30.4 Å². The minimum Gasteiger partial charge on any atom is -0.379 e. The molecule has 40 heavy (non-hydrogen) atoms. The maximum atomic E-state index is 13.6. The Morgan fingerprint density at radius 3 is 2.60 bits per heavy atom. The maximum Gasteiger partial charge on any atom is 0.247 e. The summed E-state index contributed by atoms with van der Waals surface area (Å²) in [7, 11) is 0. The number of hydrogen-bond donors (Lipinski definition) is 3. The van der Waals surface area contributed by atoms with Gasteiger partial charge in [-0.2, -0.15) is 0 Å². The highest BCUT2D eigenvalue weighted by atomic mass is 32.1. The Kier molecular flexibility index (Phi) is 11.1. The summed E-state index contributed by atoms with van der Waals surface area (Å²) in [5.41, 5.74) is 2.65. The molecule has 1 aromatic heterocycles. The normalized spacial score (nSPS) is 17.9. The molecule has 2 atom stereocenters. The van der Waals surface area contributed by atoms with Crippen LogP contribution < -0.4 is 16.0 Å². The number of aryl methyl sites for hydroxylation is 1. The van der Waals surface area contributed by atoms with Crippen molar-refractivity contribution >= 4 is 39.3 Å². The summed E-state index contributed by atoms with van der Waals surface area (Å²) in [6, 6.07) is 5.26. The molecular formula is C30H43N5O4S. The summed E-state index contributed by atoms with van der Waals surface area (Å²) in [5, 5.41) is 9.92. The topological polar surface area (TPSA) is 113 Å². The summed E-state index contributed by atoms with van der Waals surface area (Å²) < 4.78 is 6.47. The second kappa shape index (κ2) is 14.7. The zero-order valence-electron chi connectivity index (χ0n) is 23.8. The van der Waals surface area contributed by atoms with Crippen LogP contribution in [0.1, 0.15) is 56.5 Å². The van der Waals surface area contributed by atoms with E-state index in [9.17, 15) is 14.4 Å². The number of morpholine rings is 1. The fraction of sp³-hybridized carbons (Fsp3) is 0.600. The van der Waals surface area contributed by atoms with Gasteiger partial charge in [0, 0.05) is 50.6 Å². The number of benzene rings is 1. The molecular weight excluding hydrogens is 526 g/mol. The largest absolute Gasteiger partial charge is 0.379 e. The molecule has 2 aliphatic rings. The van der Waals surface area contributed by atoms with Crippen LogP contribution in [0.2, 0.25) is 0 Å². The van der Waals surface area contributed by atoms with E-state index in [1.807, 2.05) is 6.07 Å². The zero-order chi connectivity index (χ0) is 28.5. The number of carbonyl (C=O) groups excluding carboxylic acids is 3. The third kappa shape index (κ3) is 8.34. The van der Waals surface area contributed by atoms with Crippen LogP contribution in [0.3, 0.4) is 0 Å². The maximum absolute atomic E-state index is 13.6. The third-order valence-corrected chi connectivity index (χ3v) is 8.92. The molecule has 0 unspecified atom stereocenters. The van der Waals surface area contributed by atoms with Crippen LogP contribution in [-0.2, 0) is 32.0 Å². The smallest absolute Gasteiger partial charge is 0.247 e. The fourth-order valence-corrected chi connectivity index (χ4v) is 6.49. The summed E-state index contributed by atoms with van der Waals surface area (Å²) in [4.78, 5) is 45.8. The van der Waals surface area contributed by atoms with Crippen molar-refractivity contribution in [3.05, 3.63) is 40.9 Å². The van der Waals surface area contributed by atoms with Crippen LogP contribution >= 0.6 is 11.3 Å². The molecule has 218 valence electrons. The number of thiazole rings is 1. The van der Waals surface area contributed by atoms with Gasteiger partial charge in [0.05, 0.1) is 28.4 Å². The lowest BCUT2D eigenvalue weighted by atomic mass is 9.97. The molecule has 0 radical (unpaired) electrons. The lowest BCUT2D eigenvalue weighted by Gasteiger charge is -2.29. The molecule has 0 spiro atoms. The molecule has 1 aromatic carbocycles. The number of nitrogens with one attached hydrogen (secondary N) is 3. The molecule has 1 aliphatic heterocycles. The van der Waals surface area contributed by atoms with E-state index in [0.29, 0.717) is 38.3 Å². The van der Waals surface area contributed by atoms with E-state index in [0.717, 1.165) is 60.4 Å². The molecule has 2 aromatic rings. The number of carbonyl (C=O) groups is 3. The van der Waals surface area contributed by atoms with Gasteiger partial charge in [0.2, 0.25) is 17.7 Å². The quantitative estimate of drug-likeness (QED) is 0.320. The molecule has 1 aliphatic carbocycles. The van der Waals surface area contributed by atoms with Gasteiger partial charge in [-0.3, -0.25) is 19.3 Å². The first-order chi connectivity index (χ1) is 19.4. The van der Waals surface area contributed by atoms with Gasteiger partial charge in [0.25, 0.3) is 0 Å². The Bertz CT molecular complexity index is 1190. The van der Waals surface area contributed by atoms with Crippen molar-refractivity contribution in [2.45, 2.75) is 70.9 Å². The van der Waals surface area contributed by atoms with Crippen molar-refractivity contribution in [3.63, 3.8) is 0 Å². The summed E-state index contributed by atoms with van der Waals surface area (Å²) in [6.45, 7) is 11.6. The molecule has 1 saturated carbocycles. The van der Waals surface area contributed by atoms with Gasteiger partial charge in [-0.25, -0.2) is 4.98 Å². The van der Waals surface area contributed by atoms with Crippen LogP contribution in [0.5, 0.6) is 0 Å². The first kappa shape index (κ1) is 30.1. The minimum atomic E-state index is -0.741. The summed E-state index contributed by atoms with van der Waals surface area (Å²) in [6.07, 6.45) is 5.76. The molecule has 2 heterocycles. The Morgan fingerprint density at radius 2 is 1.90 bits per heavy atom. The number of amides is 3. The summed E-state index contributed by atoms with van der Waals surface area (Å²) >= 11 is 1.56. The van der Waals surface area contributed by atoms with Crippen LogP contribution in [0.25, 0.3) is 10.2 Å². The molecule has 3 amide bonds. The fourth-order valence-electron chi connectivity index (χ4n) is 5.41.